The zero-order valence-electron chi connectivity index (χ0n) is 23.9. The number of nitrogens with one attached hydrogen (secondary N) is 1. The van der Waals surface area contributed by atoms with Gasteiger partial charge in [0.05, 0.1) is 32.4 Å². The summed E-state index contributed by atoms with van der Waals surface area (Å²) in [4.78, 5) is 29.8. The van der Waals surface area contributed by atoms with Gasteiger partial charge in [0, 0.05) is 30.8 Å². The first-order valence-electron chi connectivity index (χ1n) is 12.6. The second-order valence-corrected chi connectivity index (χ2v) is 17.0. The van der Waals surface area contributed by atoms with Crippen LogP contribution in [0, 0.1) is 0 Å². The molecule has 1 aliphatic rings. The van der Waals surface area contributed by atoms with E-state index in [0.717, 1.165) is 11.3 Å². The molecule has 0 aromatic carbocycles. The van der Waals surface area contributed by atoms with Gasteiger partial charge in [-0.15, -0.1) is 6.58 Å². The molecule has 2 amide bonds. The molecule has 0 unspecified atom stereocenters. The van der Waals surface area contributed by atoms with Crippen molar-refractivity contribution in [3.05, 3.63) is 29.6 Å². The third kappa shape index (κ3) is 7.42. The smallest absolute Gasteiger partial charge is 0.410 e. The molecule has 0 fully saturated rings. The molecular formula is C26H46N4O5Si. The second-order valence-electron chi connectivity index (χ2n) is 12.2. The van der Waals surface area contributed by atoms with E-state index in [0.29, 0.717) is 31.9 Å². The van der Waals surface area contributed by atoms with Gasteiger partial charge in [-0.1, -0.05) is 26.8 Å². The number of hydrogen-bond donors (Lipinski definition) is 1. The number of carbonyl (C=O) groups excluding carboxylic acids is 2. The highest BCUT2D eigenvalue weighted by molar-refractivity contribution is 6.74. The average Bonchev–Trinajstić information content (AvgIpc) is 3.15. The molecular weight excluding hydrogens is 476 g/mol. The van der Waals surface area contributed by atoms with Crippen molar-refractivity contribution in [1.82, 2.24) is 20.0 Å². The van der Waals surface area contributed by atoms with E-state index < -0.39 is 20.0 Å². The molecule has 1 N–H and O–H groups in total. The number of aromatic nitrogens is 2. The van der Waals surface area contributed by atoms with Crippen LogP contribution in [0.4, 0.5) is 4.79 Å². The van der Waals surface area contributed by atoms with E-state index in [9.17, 15) is 9.59 Å². The molecule has 1 aromatic rings. The molecule has 2 heterocycles. The molecule has 0 saturated heterocycles. The minimum atomic E-state index is -2.03. The first-order valence-corrected chi connectivity index (χ1v) is 15.5. The summed E-state index contributed by atoms with van der Waals surface area (Å²) in [5.41, 5.74) is 1.31. The van der Waals surface area contributed by atoms with Gasteiger partial charge in [0.1, 0.15) is 5.60 Å². The Morgan fingerprint density at radius 3 is 2.44 bits per heavy atom. The molecule has 0 saturated carbocycles. The van der Waals surface area contributed by atoms with Crippen LogP contribution in [0.5, 0.6) is 0 Å². The van der Waals surface area contributed by atoms with Crippen molar-refractivity contribution in [2.45, 2.75) is 97.2 Å². The van der Waals surface area contributed by atoms with Crippen molar-refractivity contribution >= 4 is 20.3 Å². The first kappa shape index (κ1) is 30.1. The van der Waals surface area contributed by atoms with Crippen molar-refractivity contribution in [1.29, 1.82) is 0 Å². The van der Waals surface area contributed by atoms with Gasteiger partial charge in [-0.3, -0.25) is 9.89 Å². The number of hydrogen-bond acceptors (Lipinski definition) is 6. The van der Waals surface area contributed by atoms with Gasteiger partial charge in [0.15, 0.2) is 14.0 Å². The summed E-state index contributed by atoms with van der Waals surface area (Å²) in [7, 11) is -0.281. The van der Waals surface area contributed by atoms with E-state index in [2.05, 4.69) is 50.6 Å². The predicted molar refractivity (Wildman–Crippen MR) is 144 cm³/mol. The molecule has 36 heavy (non-hydrogen) atoms. The van der Waals surface area contributed by atoms with E-state index in [1.54, 1.807) is 22.9 Å². The minimum absolute atomic E-state index is 0.0468. The molecule has 0 radical (unpaired) electrons. The summed E-state index contributed by atoms with van der Waals surface area (Å²) in [5, 5.41) is 7.43. The summed E-state index contributed by atoms with van der Waals surface area (Å²) < 4.78 is 17.8. The lowest BCUT2D eigenvalue weighted by Crippen LogP contribution is -2.49. The SMILES string of the molecule is C=CCOC[C@H](CO[Si](C)(C)C(C)(C)C)N(C)C(=O)c1n[nH]c2c1CN(C(=O)OC(C)(C)C)[C@H](C)C2. The van der Waals surface area contributed by atoms with Gasteiger partial charge in [-0.25, -0.2) is 4.79 Å². The van der Waals surface area contributed by atoms with Crippen LogP contribution in [-0.2, 0) is 26.9 Å². The predicted octanol–water partition coefficient (Wildman–Crippen LogP) is 4.76. The fourth-order valence-corrected chi connectivity index (χ4v) is 4.67. The number of fused-ring (bicyclic) bond motifs is 1. The van der Waals surface area contributed by atoms with Crippen LogP contribution in [0.15, 0.2) is 12.7 Å². The molecule has 0 spiro atoms. The summed E-state index contributed by atoms with van der Waals surface area (Å²) in [5.74, 6) is -0.239. The number of likely N-dealkylation sites (N-methyl/N-ethyl adjacent to an activating group) is 1. The molecule has 1 aromatic heterocycles. The van der Waals surface area contributed by atoms with E-state index in [-0.39, 0.29) is 29.6 Å². The molecule has 10 heteroatoms. The number of carbonyl (C=O) groups is 2. The quantitative estimate of drug-likeness (QED) is 0.285. The number of ether oxygens (including phenoxy) is 2. The fraction of sp³-hybridized carbons (Fsp3) is 0.731. The Bertz CT molecular complexity index is 932. The van der Waals surface area contributed by atoms with Gasteiger partial charge in [0.25, 0.3) is 5.91 Å². The van der Waals surface area contributed by atoms with Gasteiger partial charge < -0.3 is 23.7 Å². The van der Waals surface area contributed by atoms with Crippen LogP contribution in [-0.4, -0.2) is 84.9 Å². The molecule has 9 nitrogen and oxygen atoms in total. The Morgan fingerprint density at radius 1 is 1.25 bits per heavy atom. The topological polar surface area (TPSA) is 97.0 Å². The maximum atomic E-state index is 13.6. The zero-order chi connectivity index (χ0) is 27.5. The molecule has 0 aliphatic carbocycles. The van der Waals surface area contributed by atoms with Crippen LogP contribution in [0.3, 0.4) is 0 Å². The number of amides is 2. The van der Waals surface area contributed by atoms with Crippen molar-refractivity contribution < 1.29 is 23.5 Å². The summed E-state index contributed by atoms with van der Waals surface area (Å²) >= 11 is 0. The Kier molecular flexibility index (Phi) is 9.58. The number of H-pyrrole nitrogens is 1. The van der Waals surface area contributed by atoms with Crippen LogP contribution in [0.2, 0.25) is 18.1 Å². The van der Waals surface area contributed by atoms with Gasteiger partial charge in [-0.05, 0) is 45.8 Å². The lowest BCUT2D eigenvalue weighted by atomic mass is 9.99. The van der Waals surface area contributed by atoms with Gasteiger partial charge in [-0.2, -0.15) is 5.10 Å². The van der Waals surface area contributed by atoms with Crippen molar-refractivity contribution in [2.75, 3.05) is 26.9 Å². The standard InChI is InChI=1S/C26H46N4O5Si/c1-12-13-33-16-19(17-34-36(10,11)26(6,7)8)29(9)23(31)22-20-15-30(24(32)35-25(3,4)5)18(2)14-21(20)27-28-22/h12,18-19H,1,13-17H2,2-11H3,(H,27,28)/t18-,19-/m1/s1. The Labute approximate surface area is 217 Å². The maximum absolute atomic E-state index is 13.6. The fourth-order valence-electron chi connectivity index (χ4n) is 3.63. The third-order valence-corrected chi connectivity index (χ3v) is 11.5. The Hall–Kier alpha value is -2.17. The van der Waals surface area contributed by atoms with E-state index >= 15 is 0 Å². The maximum Gasteiger partial charge on any atom is 0.410 e. The molecule has 2 atom stereocenters. The van der Waals surface area contributed by atoms with Crippen LogP contribution < -0.4 is 0 Å². The normalized spacial score (nSPS) is 17.4. The van der Waals surface area contributed by atoms with Crippen LogP contribution in [0.25, 0.3) is 0 Å². The highest BCUT2D eigenvalue weighted by Crippen LogP contribution is 2.36. The number of rotatable bonds is 9. The van der Waals surface area contributed by atoms with E-state index in [1.165, 1.54) is 0 Å². The third-order valence-electron chi connectivity index (χ3n) is 7.00. The molecule has 2 rings (SSSR count). The number of nitrogens with zero attached hydrogens (tertiary/aromatic N) is 3. The first-order chi connectivity index (χ1) is 16.5. The Balaban J connectivity index is 2.25. The number of aromatic amines is 1. The largest absolute Gasteiger partial charge is 0.444 e. The summed E-state index contributed by atoms with van der Waals surface area (Å²) in [6.07, 6.45) is 1.86. The lowest BCUT2D eigenvalue weighted by Gasteiger charge is -2.38. The van der Waals surface area contributed by atoms with Crippen molar-refractivity contribution in [3.8, 4) is 0 Å². The lowest BCUT2D eigenvalue weighted by molar-refractivity contribution is 0.0135. The van der Waals surface area contributed by atoms with Gasteiger partial charge >= 0.3 is 6.09 Å². The Morgan fingerprint density at radius 2 is 1.89 bits per heavy atom. The monoisotopic (exact) mass is 522 g/mol. The van der Waals surface area contributed by atoms with Crippen LogP contribution >= 0.6 is 0 Å². The molecule has 204 valence electrons. The van der Waals surface area contributed by atoms with Crippen LogP contribution in [0.1, 0.15) is 70.2 Å². The highest BCUT2D eigenvalue weighted by Gasteiger charge is 2.39. The zero-order valence-corrected chi connectivity index (χ0v) is 24.9. The van der Waals surface area contributed by atoms with Crippen molar-refractivity contribution in [2.24, 2.45) is 0 Å². The van der Waals surface area contributed by atoms with Crippen molar-refractivity contribution in [3.63, 3.8) is 0 Å². The van der Waals surface area contributed by atoms with E-state index in [4.69, 9.17) is 13.9 Å². The second kappa shape index (κ2) is 11.5. The minimum Gasteiger partial charge on any atom is -0.444 e. The average molecular weight is 523 g/mol. The highest BCUT2D eigenvalue weighted by atomic mass is 28.4. The molecule has 0 bridgehead atoms. The summed E-state index contributed by atoms with van der Waals surface area (Å²) in [6, 6.07) is -0.380. The summed E-state index contributed by atoms with van der Waals surface area (Å²) in [6.45, 7) is 23.5. The van der Waals surface area contributed by atoms with E-state index in [1.807, 2.05) is 27.7 Å². The van der Waals surface area contributed by atoms with Gasteiger partial charge in [0.2, 0.25) is 0 Å². The molecule has 1 aliphatic heterocycles.